The zero-order valence-electron chi connectivity index (χ0n) is 18.7. The maximum Gasteiger partial charge on any atom is 0.254 e. The molecule has 0 aliphatic carbocycles. The summed E-state index contributed by atoms with van der Waals surface area (Å²) in [6.45, 7) is 8.53. The lowest BCUT2D eigenvalue weighted by Gasteiger charge is -2.35. The van der Waals surface area contributed by atoms with E-state index in [-0.39, 0.29) is 42.3 Å². The summed E-state index contributed by atoms with van der Waals surface area (Å²) in [5, 5.41) is 9.62. The fraction of sp³-hybridized carbons (Fsp3) is 0.591. The Labute approximate surface area is 202 Å². The largest absolute Gasteiger partial charge is 0.354 e. The van der Waals surface area contributed by atoms with Gasteiger partial charge in [0.15, 0.2) is 5.96 Å². The van der Waals surface area contributed by atoms with Gasteiger partial charge < -0.3 is 25.8 Å². The van der Waals surface area contributed by atoms with E-state index in [0.717, 1.165) is 37.5 Å². The van der Waals surface area contributed by atoms with Crippen LogP contribution >= 0.6 is 24.0 Å². The molecule has 0 radical (unpaired) electrons. The molecule has 2 fully saturated rings. The van der Waals surface area contributed by atoms with E-state index < -0.39 is 0 Å². The summed E-state index contributed by atoms with van der Waals surface area (Å²) in [5.41, 5.74) is 1.67. The number of hydrogen-bond donors (Lipinski definition) is 3. The first-order valence-corrected chi connectivity index (χ1v) is 10.8. The molecular weight excluding hydrogens is 507 g/mol. The lowest BCUT2D eigenvalue weighted by atomic mass is 10.0. The number of nitrogens with zero attached hydrogens (tertiary/aromatic N) is 3. The highest BCUT2D eigenvalue weighted by Crippen LogP contribution is 2.13. The number of benzene rings is 1. The van der Waals surface area contributed by atoms with E-state index in [4.69, 9.17) is 0 Å². The molecule has 0 atom stereocenters. The van der Waals surface area contributed by atoms with Gasteiger partial charge in [-0.15, -0.1) is 24.0 Å². The molecule has 1 aromatic rings. The zero-order valence-corrected chi connectivity index (χ0v) is 21.0. The smallest absolute Gasteiger partial charge is 0.254 e. The van der Waals surface area contributed by atoms with Crippen molar-refractivity contribution < 1.29 is 9.59 Å². The quantitative estimate of drug-likeness (QED) is 0.298. The van der Waals surface area contributed by atoms with Gasteiger partial charge in [0.25, 0.3) is 5.91 Å². The number of halogens is 1. The van der Waals surface area contributed by atoms with E-state index in [0.29, 0.717) is 37.3 Å². The minimum Gasteiger partial charge on any atom is -0.354 e. The van der Waals surface area contributed by atoms with Crippen LogP contribution in [0.1, 0.15) is 42.6 Å². The van der Waals surface area contributed by atoms with E-state index in [1.807, 2.05) is 24.3 Å². The number of piperidine rings is 1. The molecule has 0 saturated carbocycles. The lowest BCUT2D eigenvalue weighted by molar-refractivity contribution is -0.123. The molecule has 2 saturated heterocycles. The third kappa shape index (κ3) is 7.34. The number of aliphatic imine (C=N–C) groups is 1. The predicted octanol–water partition coefficient (Wildman–Crippen LogP) is 1.41. The topological polar surface area (TPSA) is 89.1 Å². The molecule has 0 unspecified atom stereocenters. The third-order valence-corrected chi connectivity index (χ3v) is 5.81. The van der Waals surface area contributed by atoms with Crippen molar-refractivity contribution in [3.63, 3.8) is 0 Å². The summed E-state index contributed by atoms with van der Waals surface area (Å²) in [6, 6.07) is 8.57. The molecule has 8 nitrogen and oxygen atoms in total. The number of likely N-dealkylation sites (tertiary alicyclic amines) is 1. The summed E-state index contributed by atoms with van der Waals surface area (Å²) < 4.78 is 0. The Bertz CT molecular complexity index is 760. The number of guanidine groups is 1. The predicted molar refractivity (Wildman–Crippen MR) is 134 cm³/mol. The summed E-state index contributed by atoms with van der Waals surface area (Å²) in [5.74, 6) is 0.594. The minimum atomic E-state index is -0.107. The molecule has 3 N–H and O–H groups in total. The van der Waals surface area contributed by atoms with Gasteiger partial charge in [0.1, 0.15) is 0 Å². The minimum absolute atomic E-state index is 0. The SMILES string of the molecule is CN=C(NCc1ccc(C(=O)N2CCNC(=O)C2)cc1)NC1CCN(C(C)C)CC1.I. The molecule has 0 bridgehead atoms. The van der Waals surface area contributed by atoms with Gasteiger partial charge in [0, 0.05) is 57.4 Å². The van der Waals surface area contributed by atoms with Crippen molar-refractivity contribution in [2.24, 2.45) is 4.99 Å². The Morgan fingerprint density at radius 1 is 1.19 bits per heavy atom. The van der Waals surface area contributed by atoms with Crippen molar-refractivity contribution in [1.82, 2.24) is 25.8 Å². The van der Waals surface area contributed by atoms with Gasteiger partial charge in [-0.1, -0.05) is 12.1 Å². The molecule has 9 heteroatoms. The monoisotopic (exact) mass is 542 g/mol. The Balaban J connectivity index is 0.00000341. The van der Waals surface area contributed by atoms with E-state index in [2.05, 4.69) is 39.7 Å². The summed E-state index contributed by atoms with van der Waals surface area (Å²) >= 11 is 0. The first-order chi connectivity index (χ1) is 14.5. The third-order valence-electron chi connectivity index (χ3n) is 5.81. The van der Waals surface area contributed by atoms with Crippen LogP contribution in [0.5, 0.6) is 0 Å². The first kappa shape index (κ1) is 25.4. The molecule has 0 aromatic heterocycles. The van der Waals surface area contributed by atoms with Gasteiger partial charge in [-0.25, -0.2) is 0 Å². The van der Waals surface area contributed by atoms with E-state index in [9.17, 15) is 9.59 Å². The highest BCUT2D eigenvalue weighted by molar-refractivity contribution is 14.0. The lowest BCUT2D eigenvalue weighted by Crippen LogP contribution is -2.50. The van der Waals surface area contributed by atoms with Crippen molar-refractivity contribution in [3.05, 3.63) is 35.4 Å². The van der Waals surface area contributed by atoms with Crippen LogP contribution in [-0.4, -0.2) is 79.4 Å². The van der Waals surface area contributed by atoms with Crippen molar-refractivity contribution in [2.75, 3.05) is 39.8 Å². The Hall–Kier alpha value is -1.88. The Morgan fingerprint density at radius 3 is 2.45 bits per heavy atom. The molecule has 172 valence electrons. The summed E-state index contributed by atoms with van der Waals surface area (Å²) in [6.07, 6.45) is 2.23. The van der Waals surface area contributed by atoms with Crippen molar-refractivity contribution in [2.45, 2.75) is 45.3 Å². The molecule has 1 aromatic carbocycles. The normalized spacial score (nSPS) is 18.4. The van der Waals surface area contributed by atoms with Crippen LogP contribution < -0.4 is 16.0 Å². The highest BCUT2D eigenvalue weighted by Gasteiger charge is 2.23. The van der Waals surface area contributed by atoms with E-state index >= 15 is 0 Å². The van der Waals surface area contributed by atoms with Crippen LogP contribution in [0.2, 0.25) is 0 Å². The highest BCUT2D eigenvalue weighted by atomic mass is 127. The van der Waals surface area contributed by atoms with Crippen molar-refractivity contribution in [3.8, 4) is 0 Å². The van der Waals surface area contributed by atoms with Gasteiger partial charge in [-0.3, -0.25) is 14.6 Å². The van der Waals surface area contributed by atoms with E-state index in [1.165, 1.54) is 0 Å². The van der Waals surface area contributed by atoms with Crippen LogP contribution in [0.15, 0.2) is 29.3 Å². The molecule has 2 heterocycles. The van der Waals surface area contributed by atoms with Gasteiger partial charge in [-0.05, 0) is 44.4 Å². The molecule has 3 rings (SSSR count). The average molecular weight is 542 g/mol. The van der Waals surface area contributed by atoms with Crippen LogP contribution in [0.4, 0.5) is 0 Å². The molecule has 2 aliphatic rings. The number of amides is 2. The number of hydrogen-bond acceptors (Lipinski definition) is 4. The second kappa shape index (κ2) is 12.2. The van der Waals surface area contributed by atoms with Gasteiger partial charge in [0.05, 0.1) is 6.54 Å². The molecule has 31 heavy (non-hydrogen) atoms. The van der Waals surface area contributed by atoms with Gasteiger partial charge in [0.2, 0.25) is 5.91 Å². The van der Waals surface area contributed by atoms with Crippen LogP contribution in [0, 0.1) is 0 Å². The number of carbonyl (C=O) groups is 2. The Morgan fingerprint density at radius 2 is 1.87 bits per heavy atom. The number of piperazine rings is 1. The Kier molecular flexibility index (Phi) is 10.0. The number of rotatable bonds is 5. The van der Waals surface area contributed by atoms with Gasteiger partial charge in [-0.2, -0.15) is 0 Å². The molecule has 2 amide bonds. The maximum atomic E-state index is 12.6. The summed E-state index contributed by atoms with van der Waals surface area (Å²) in [4.78, 5) is 32.5. The van der Waals surface area contributed by atoms with E-state index in [1.54, 1.807) is 11.9 Å². The second-order valence-corrected chi connectivity index (χ2v) is 8.25. The molecular formula is C22H35IN6O2. The molecule has 0 spiro atoms. The summed E-state index contributed by atoms with van der Waals surface area (Å²) in [7, 11) is 1.79. The first-order valence-electron chi connectivity index (χ1n) is 10.8. The average Bonchev–Trinajstić information content (AvgIpc) is 2.76. The van der Waals surface area contributed by atoms with Crippen LogP contribution in [0.25, 0.3) is 0 Å². The fourth-order valence-corrected chi connectivity index (χ4v) is 3.89. The standard InChI is InChI=1S/C22H34N6O2.HI/c1-16(2)27-11-8-19(9-12-27)26-22(23-3)25-14-17-4-6-18(7-5-17)21(30)28-13-10-24-20(29)15-28;/h4-7,16,19H,8-15H2,1-3H3,(H,24,29)(H2,23,25,26);1H. The zero-order chi connectivity index (χ0) is 21.5. The maximum absolute atomic E-state index is 12.6. The van der Waals surface area contributed by atoms with Crippen molar-refractivity contribution >= 4 is 41.8 Å². The van der Waals surface area contributed by atoms with Gasteiger partial charge >= 0.3 is 0 Å². The second-order valence-electron chi connectivity index (χ2n) is 8.25. The number of carbonyl (C=O) groups excluding carboxylic acids is 2. The number of nitrogens with one attached hydrogen (secondary N) is 3. The molecule has 2 aliphatic heterocycles. The van der Waals surface area contributed by atoms with Crippen LogP contribution in [-0.2, 0) is 11.3 Å². The van der Waals surface area contributed by atoms with Crippen molar-refractivity contribution in [1.29, 1.82) is 0 Å². The fourth-order valence-electron chi connectivity index (χ4n) is 3.89. The van der Waals surface area contributed by atoms with Crippen LogP contribution in [0.3, 0.4) is 0 Å².